The van der Waals surface area contributed by atoms with Gasteiger partial charge in [-0.05, 0) is 19.9 Å². The first-order valence-corrected chi connectivity index (χ1v) is 9.13. The molecule has 0 saturated carbocycles. The van der Waals surface area contributed by atoms with Gasteiger partial charge in [-0.15, -0.1) is 11.3 Å². The minimum absolute atomic E-state index is 0.461. The molecule has 2 rings (SSSR count). The quantitative estimate of drug-likeness (QED) is 0.876. The van der Waals surface area contributed by atoms with E-state index in [4.69, 9.17) is 0 Å². The van der Waals surface area contributed by atoms with Crippen LogP contribution in [0.15, 0.2) is 11.0 Å². The van der Waals surface area contributed by atoms with Crippen molar-refractivity contribution >= 4 is 21.4 Å². The lowest BCUT2D eigenvalue weighted by molar-refractivity contribution is 0.229. The van der Waals surface area contributed by atoms with Gasteiger partial charge in [-0.1, -0.05) is 0 Å². The Hall–Kier alpha value is -0.470. The van der Waals surface area contributed by atoms with Gasteiger partial charge in [0.05, 0.1) is 4.90 Å². The van der Waals surface area contributed by atoms with E-state index in [2.05, 4.69) is 10.2 Å². The zero-order valence-corrected chi connectivity index (χ0v) is 14.0. The second-order valence-corrected chi connectivity index (χ2v) is 8.67. The number of hydrogen-bond donors (Lipinski definition) is 1. The van der Waals surface area contributed by atoms with Crippen molar-refractivity contribution in [3.05, 3.63) is 15.8 Å². The number of likely N-dealkylation sites (N-methyl/N-ethyl adjacent to an activating group) is 1. The smallest absolute Gasteiger partial charge is 0.243 e. The van der Waals surface area contributed by atoms with Gasteiger partial charge in [0.15, 0.2) is 0 Å². The fraction of sp³-hybridized carbons (Fsp3) is 0.692. The summed E-state index contributed by atoms with van der Waals surface area (Å²) in [6, 6.07) is 1.77. The molecular formula is C13H23N3O2S2. The van der Waals surface area contributed by atoms with Crippen LogP contribution in [-0.2, 0) is 10.0 Å². The van der Waals surface area contributed by atoms with Crippen molar-refractivity contribution in [2.45, 2.75) is 18.7 Å². The van der Waals surface area contributed by atoms with Crippen LogP contribution < -0.4 is 5.32 Å². The van der Waals surface area contributed by atoms with Crippen molar-refractivity contribution < 1.29 is 8.42 Å². The number of nitrogens with one attached hydrogen (secondary N) is 1. The van der Waals surface area contributed by atoms with Crippen molar-refractivity contribution in [2.24, 2.45) is 0 Å². The molecule has 0 bridgehead atoms. The van der Waals surface area contributed by atoms with Gasteiger partial charge in [-0.3, -0.25) is 4.90 Å². The van der Waals surface area contributed by atoms with Crippen molar-refractivity contribution in [3.8, 4) is 0 Å². The van der Waals surface area contributed by atoms with Gasteiger partial charge in [0.2, 0.25) is 10.0 Å². The molecule has 20 heavy (non-hydrogen) atoms. The highest BCUT2D eigenvalue weighted by Crippen LogP contribution is 2.26. The monoisotopic (exact) mass is 317 g/mol. The van der Waals surface area contributed by atoms with E-state index >= 15 is 0 Å². The summed E-state index contributed by atoms with van der Waals surface area (Å²) in [5, 5.41) is 3.30. The maximum absolute atomic E-state index is 12.5. The lowest BCUT2D eigenvalue weighted by Gasteiger charge is -2.28. The number of thiophene rings is 1. The van der Waals surface area contributed by atoms with Crippen molar-refractivity contribution in [3.63, 3.8) is 0 Å². The van der Waals surface area contributed by atoms with E-state index in [1.54, 1.807) is 13.1 Å². The highest BCUT2D eigenvalue weighted by Gasteiger charge is 2.24. The molecule has 1 aromatic rings. The highest BCUT2D eigenvalue weighted by molar-refractivity contribution is 7.89. The average Bonchev–Trinajstić information content (AvgIpc) is 2.77. The Morgan fingerprint density at radius 3 is 2.55 bits per heavy atom. The molecule has 1 saturated heterocycles. The van der Waals surface area contributed by atoms with Gasteiger partial charge in [-0.25, -0.2) is 8.42 Å². The molecule has 2 heterocycles. The zero-order chi connectivity index (χ0) is 14.8. The lowest BCUT2D eigenvalue weighted by atomic mass is 10.3. The highest BCUT2D eigenvalue weighted by atomic mass is 32.2. The topological polar surface area (TPSA) is 52.7 Å². The Bertz CT molecular complexity index is 548. The molecule has 114 valence electrons. The van der Waals surface area contributed by atoms with Crippen LogP contribution in [0.4, 0.5) is 0 Å². The summed E-state index contributed by atoms with van der Waals surface area (Å²) in [7, 11) is -1.68. The van der Waals surface area contributed by atoms with E-state index < -0.39 is 10.0 Å². The molecule has 1 fully saturated rings. The fourth-order valence-corrected chi connectivity index (χ4v) is 5.05. The Morgan fingerprint density at radius 1 is 1.35 bits per heavy atom. The third-order valence-electron chi connectivity index (χ3n) is 3.62. The molecule has 0 radical (unpaired) electrons. The first-order chi connectivity index (χ1) is 9.41. The largest absolute Gasteiger partial charge is 0.314 e. The SMILES string of the molecule is Cc1cc(S(=O)(=O)N(C)CCN2CCNCC2)c(C)s1. The number of rotatable bonds is 5. The van der Waals surface area contributed by atoms with Crippen molar-refractivity contribution in [1.82, 2.24) is 14.5 Å². The number of nitrogens with zero attached hydrogens (tertiary/aromatic N) is 2. The van der Waals surface area contributed by atoms with E-state index in [1.165, 1.54) is 15.6 Å². The van der Waals surface area contributed by atoms with Gasteiger partial charge in [0, 0.05) is 56.1 Å². The summed E-state index contributed by atoms with van der Waals surface area (Å²) >= 11 is 1.54. The molecule has 7 heteroatoms. The Balaban J connectivity index is 2.00. The molecule has 5 nitrogen and oxygen atoms in total. The summed E-state index contributed by atoms with van der Waals surface area (Å²) < 4.78 is 26.6. The van der Waals surface area contributed by atoms with Crippen molar-refractivity contribution in [1.29, 1.82) is 0 Å². The van der Waals surface area contributed by atoms with Gasteiger partial charge in [0.1, 0.15) is 0 Å². The van der Waals surface area contributed by atoms with E-state index in [1.807, 2.05) is 13.8 Å². The van der Waals surface area contributed by atoms with Crippen molar-refractivity contribution in [2.75, 3.05) is 46.3 Å². The molecule has 0 spiro atoms. The van der Waals surface area contributed by atoms with Crippen LogP contribution in [-0.4, -0.2) is 63.9 Å². The molecule has 0 amide bonds. The van der Waals surface area contributed by atoms with E-state index in [9.17, 15) is 8.42 Å². The van der Waals surface area contributed by atoms with E-state index in [0.29, 0.717) is 11.4 Å². The zero-order valence-electron chi connectivity index (χ0n) is 12.3. The standard InChI is InChI=1S/C13H23N3O2S2/c1-11-10-13(12(2)19-11)20(17,18)15(3)8-9-16-6-4-14-5-7-16/h10,14H,4-9H2,1-3H3. The third-order valence-corrected chi connectivity index (χ3v) is 6.70. The van der Waals surface area contributed by atoms with Crippen LogP contribution in [0.3, 0.4) is 0 Å². The molecule has 0 atom stereocenters. The van der Waals surface area contributed by atoms with E-state index in [0.717, 1.165) is 42.5 Å². The first kappa shape index (κ1) is 15.9. The Labute approximate surface area is 125 Å². The van der Waals surface area contributed by atoms with Gasteiger partial charge in [-0.2, -0.15) is 4.31 Å². The van der Waals surface area contributed by atoms with Gasteiger partial charge >= 0.3 is 0 Å². The molecule has 1 aromatic heterocycles. The molecule has 1 aliphatic heterocycles. The third kappa shape index (κ3) is 3.59. The number of aryl methyl sites for hydroxylation is 2. The number of hydrogen-bond acceptors (Lipinski definition) is 5. The Kier molecular flexibility index (Phi) is 5.19. The predicted molar refractivity (Wildman–Crippen MR) is 82.9 cm³/mol. The Morgan fingerprint density at radius 2 is 2.00 bits per heavy atom. The summed E-state index contributed by atoms with van der Waals surface area (Å²) in [5.74, 6) is 0. The maximum atomic E-state index is 12.5. The fourth-order valence-electron chi connectivity index (χ4n) is 2.37. The first-order valence-electron chi connectivity index (χ1n) is 6.87. The summed E-state index contributed by atoms with van der Waals surface area (Å²) in [4.78, 5) is 4.67. The van der Waals surface area contributed by atoms with Gasteiger partial charge < -0.3 is 5.32 Å². The van der Waals surface area contributed by atoms with Crippen LogP contribution in [0.2, 0.25) is 0 Å². The molecule has 0 aromatic carbocycles. The van der Waals surface area contributed by atoms with Crippen LogP contribution in [0.25, 0.3) is 0 Å². The molecule has 0 aliphatic carbocycles. The molecule has 1 aliphatic rings. The minimum atomic E-state index is -3.35. The van der Waals surface area contributed by atoms with Crippen LogP contribution in [0.1, 0.15) is 9.75 Å². The van der Waals surface area contributed by atoms with Crippen LogP contribution in [0, 0.1) is 13.8 Å². The summed E-state index contributed by atoms with van der Waals surface area (Å²) in [6.07, 6.45) is 0. The minimum Gasteiger partial charge on any atom is -0.314 e. The van der Waals surface area contributed by atoms with Gasteiger partial charge in [0.25, 0.3) is 0 Å². The molecular weight excluding hydrogens is 294 g/mol. The summed E-state index contributed by atoms with van der Waals surface area (Å²) in [5.41, 5.74) is 0. The van der Waals surface area contributed by atoms with Crippen LogP contribution in [0.5, 0.6) is 0 Å². The normalized spacial score (nSPS) is 17.8. The summed E-state index contributed by atoms with van der Waals surface area (Å²) in [6.45, 7) is 9.09. The maximum Gasteiger partial charge on any atom is 0.243 e. The molecule has 1 N–H and O–H groups in total. The second kappa shape index (κ2) is 6.53. The number of piperazine rings is 1. The van der Waals surface area contributed by atoms with E-state index in [-0.39, 0.29) is 0 Å². The van der Waals surface area contributed by atoms with Crippen LogP contribution >= 0.6 is 11.3 Å². The predicted octanol–water partition coefficient (Wildman–Crippen LogP) is 0.891. The number of sulfonamides is 1. The average molecular weight is 317 g/mol. The second-order valence-electron chi connectivity index (χ2n) is 5.20. The molecule has 0 unspecified atom stereocenters. The lowest BCUT2D eigenvalue weighted by Crippen LogP contribution is -2.46.